The molecule has 2 aromatic rings. The number of nitrogens with one attached hydrogen (secondary N) is 2. The van der Waals surface area contributed by atoms with Crippen molar-refractivity contribution in [3.63, 3.8) is 0 Å². The Bertz CT molecular complexity index is 637. The number of benzene rings is 1. The van der Waals surface area contributed by atoms with Crippen LogP contribution in [0.5, 0.6) is 5.75 Å². The van der Waals surface area contributed by atoms with E-state index in [1.165, 1.54) is 5.56 Å². The van der Waals surface area contributed by atoms with Crippen molar-refractivity contribution in [1.29, 1.82) is 0 Å². The third-order valence-corrected chi connectivity index (χ3v) is 3.55. The summed E-state index contributed by atoms with van der Waals surface area (Å²) in [4.78, 5) is 8.32. The first kappa shape index (κ1) is 17.8. The maximum Gasteiger partial charge on any atom is 0.223 e. The van der Waals surface area contributed by atoms with Gasteiger partial charge in [-0.05, 0) is 37.0 Å². The molecule has 0 aliphatic heterocycles. The van der Waals surface area contributed by atoms with Crippen molar-refractivity contribution >= 4 is 5.96 Å². The van der Waals surface area contributed by atoms with E-state index in [0.717, 1.165) is 37.5 Å². The Morgan fingerprint density at radius 3 is 2.62 bits per heavy atom. The Morgan fingerprint density at radius 2 is 2.00 bits per heavy atom. The summed E-state index contributed by atoms with van der Waals surface area (Å²) >= 11 is 0. The molecule has 0 amide bonds. The van der Waals surface area contributed by atoms with E-state index < -0.39 is 0 Å². The summed E-state index contributed by atoms with van der Waals surface area (Å²) in [6.07, 6.45) is 3.23. The van der Waals surface area contributed by atoms with E-state index in [9.17, 15) is 0 Å². The fraction of sp³-hybridized carbons (Fsp3) is 0.471. The molecule has 2 rings (SSSR count). The van der Waals surface area contributed by atoms with Gasteiger partial charge >= 0.3 is 0 Å². The third-order valence-electron chi connectivity index (χ3n) is 3.55. The summed E-state index contributed by atoms with van der Waals surface area (Å²) in [5.74, 6) is 2.82. The molecule has 2 N–H and O–H groups in total. The van der Waals surface area contributed by atoms with Gasteiger partial charge in [-0.15, -0.1) is 0 Å². The number of unbranched alkanes of at least 4 members (excludes halogenated alkanes) is 1. The zero-order chi connectivity index (χ0) is 17.2. The molecule has 0 atom stereocenters. The number of aryl methyl sites for hydroxylation is 2. The minimum Gasteiger partial charge on any atom is -0.497 e. The predicted molar refractivity (Wildman–Crippen MR) is 93.2 cm³/mol. The van der Waals surface area contributed by atoms with Crippen molar-refractivity contribution < 1.29 is 9.26 Å². The van der Waals surface area contributed by atoms with E-state index in [-0.39, 0.29) is 0 Å². The van der Waals surface area contributed by atoms with Crippen LogP contribution in [0.15, 0.2) is 33.8 Å². The van der Waals surface area contributed by atoms with Crippen LogP contribution in [0.3, 0.4) is 0 Å². The van der Waals surface area contributed by atoms with Gasteiger partial charge in [-0.25, -0.2) is 0 Å². The molecule has 0 saturated carbocycles. The van der Waals surface area contributed by atoms with Gasteiger partial charge in [0.15, 0.2) is 11.8 Å². The van der Waals surface area contributed by atoms with Gasteiger partial charge in [-0.2, -0.15) is 4.98 Å². The lowest BCUT2D eigenvalue weighted by Crippen LogP contribution is -2.37. The molecule has 1 aromatic heterocycles. The number of guanidine groups is 1. The van der Waals surface area contributed by atoms with Gasteiger partial charge < -0.3 is 19.9 Å². The van der Waals surface area contributed by atoms with Crippen molar-refractivity contribution in [1.82, 2.24) is 20.8 Å². The third kappa shape index (κ3) is 5.91. The Labute approximate surface area is 142 Å². The van der Waals surface area contributed by atoms with Crippen molar-refractivity contribution in [3.8, 4) is 5.75 Å². The number of hydrogen-bond donors (Lipinski definition) is 2. The monoisotopic (exact) mass is 331 g/mol. The van der Waals surface area contributed by atoms with Crippen molar-refractivity contribution in [2.24, 2.45) is 4.99 Å². The maximum atomic E-state index is 5.16. The number of aliphatic imine (C=N–C) groups is 1. The minimum absolute atomic E-state index is 0.489. The molecule has 0 aliphatic rings. The Morgan fingerprint density at radius 1 is 1.21 bits per heavy atom. The van der Waals surface area contributed by atoms with Crippen LogP contribution in [0.25, 0.3) is 0 Å². The highest BCUT2D eigenvalue weighted by atomic mass is 16.5. The second kappa shape index (κ2) is 9.54. The number of ether oxygens (including phenoxy) is 1. The fourth-order valence-corrected chi connectivity index (χ4v) is 2.25. The molecule has 0 unspecified atom stereocenters. The number of hydrogen-bond acceptors (Lipinski definition) is 5. The van der Waals surface area contributed by atoms with E-state index in [4.69, 9.17) is 9.26 Å². The van der Waals surface area contributed by atoms with E-state index in [2.05, 4.69) is 37.9 Å². The summed E-state index contributed by atoms with van der Waals surface area (Å²) in [5, 5.41) is 10.3. The smallest absolute Gasteiger partial charge is 0.223 e. The highest BCUT2D eigenvalue weighted by molar-refractivity contribution is 5.79. The Balaban J connectivity index is 1.61. The summed E-state index contributed by atoms with van der Waals surface area (Å²) < 4.78 is 10.1. The average Bonchev–Trinajstić information content (AvgIpc) is 3.03. The predicted octanol–water partition coefficient (Wildman–Crippen LogP) is 2.07. The van der Waals surface area contributed by atoms with Gasteiger partial charge in [0.25, 0.3) is 0 Å². The van der Waals surface area contributed by atoms with Crippen molar-refractivity contribution in [3.05, 3.63) is 41.5 Å². The molecule has 0 fully saturated rings. The van der Waals surface area contributed by atoms with Crippen molar-refractivity contribution in [2.45, 2.75) is 32.7 Å². The van der Waals surface area contributed by atoms with E-state index in [0.29, 0.717) is 18.3 Å². The van der Waals surface area contributed by atoms with Crippen LogP contribution in [-0.2, 0) is 13.0 Å². The molecule has 0 aliphatic carbocycles. The molecular weight excluding hydrogens is 306 g/mol. The van der Waals surface area contributed by atoms with E-state index >= 15 is 0 Å². The molecule has 7 nitrogen and oxygen atoms in total. The van der Waals surface area contributed by atoms with E-state index in [1.807, 2.05) is 12.1 Å². The fourth-order valence-electron chi connectivity index (χ4n) is 2.25. The summed E-state index contributed by atoms with van der Waals surface area (Å²) in [6, 6.07) is 8.22. The zero-order valence-corrected chi connectivity index (χ0v) is 14.5. The summed E-state index contributed by atoms with van der Waals surface area (Å²) in [7, 11) is 3.43. The molecule has 0 saturated heterocycles. The average molecular weight is 331 g/mol. The normalized spacial score (nSPS) is 11.4. The molecule has 1 heterocycles. The standard InChI is InChI=1S/C17H25N5O2/c1-13-21-16(22-24-13)12-20-17(18-2)19-11-5-4-6-14-7-9-15(23-3)10-8-14/h7-10H,4-6,11-12H2,1-3H3,(H2,18,19,20). The maximum absolute atomic E-state index is 5.16. The van der Waals surface area contributed by atoms with Crippen LogP contribution >= 0.6 is 0 Å². The molecule has 0 bridgehead atoms. The van der Waals surface area contributed by atoms with Gasteiger partial charge in [0.2, 0.25) is 5.89 Å². The van der Waals surface area contributed by atoms with Gasteiger partial charge in [0.1, 0.15) is 5.75 Å². The molecule has 130 valence electrons. The van der Waals surface area contributed by atoms with Crippen molar-refractivity contribution in [2.75, 3.05) is 20.7 Å². The largest absolute Gasteiger partial charge is 0.497 e. The number of rotatable bonds is 8. The first-order valence-electron chi connectivity index (χ1n) is 8.08. The Kier molecular flexibility index (Phi) is 7.07. The quantitative estimate of drug-likeness (QED) is 0.438. The number of methoxy groups -OCH3 is 1. The molecule has 24 heavy (non-hydrogen) atoms. The lowest BCUT2D eigenvalue weighted by atomic mass is 10.1. The zero-order valence-electron chi connectivity index (χ0n) is 14.5. The highest BCUT2D eigenvalue weighted by Gasteiger charge is 2.03. The minimum atomic E-state index is 0.489. The summed E-state index contributed by atoms with van der Waals surface area (Å²) in [6.45, 7) is 3.12. The number of aromatic nitrogens is 2. The first-order valence-corrected chi connectivity index (χ1v) is 8.08. The first-order chi connectivity index (χ1) is 11.7. The second-order valence-corrected chi connectivity index (χ2v) is 5.39. The highest BCUT2D eigenvalue weighted by Crippen LogP contribution is 2.12. The van der Waals surface area contributed by atoms with E-state index in [1.54, 1.807) is 21.1 Å². The van der Waals surface area contributed by atoms with Crippen LogP contribution in [0.1, 0.15) is 30.1 Å². The molecule has 1 aromatic carbocycles. The van der Waals surface area contributed by atoms with Crippen LogP contribution in [0, 0.1) is 6.92 Å². The van der Waals surface area contributed by atoms with Gasteiger partial charge in [0.05, 0.1) is 13.7 Å². The van der Waals surface area contributed by atoms with Crippen LogP contribution in [-0.4, -0.2) is 36.8 Å². The van der Waals surface area contributed by atoms with Gasteiger partial charge in [0, 0.05) is 20.5 Å². The van der Waals surface area contributed by atoms with Crippen LogP contribution < -0.4 is 15.4 Å². The molecule has 0 radical (unpaired) electrons. The molecule has 0 spiro atoms. The number of nitrogens with zero attached hydrogens (tertiary/aromatic N) is 3. The topological polar surface area (TPSA) is 84.6 Å². The van der Waals surface area contributed by atoms with Gasteiger partial charge in [-0.3, -0.25) is 4.99 Å². The SMILES string of the molecule is CN=C(NCCCCc1ccc(OC)cc1)NCc1noc(C)n1. The molecule has 7 heteroatoms. The lowest BCUT2D eigenvalue weighted by Gasteiger charge is -2.10. The Hall–Kier alpha value is -2.57. The van der Waals surface area contributed by atoms with Gasteiger partial charge in [-0.1, -0.05) is 17.3 Å². The summed E-state index contributed by atoms with van der Waals surface area (Å²) in [5.41, 5.74) is 1.32. The second-order valence-electron chi connectivity index (χ2n) is 5.39. The van der Waals surface area contributed by atoms with Crippen LogP contribution in [0.2, 0.25) is 0 Å². The molecular formula is C17H25N5O2. The van der Waals surface area contributed by atoms with Crippen LogP contribution in [0.4, 0.5) is 0 Å². The lowest BCUT2D eigenvalue weighted by molar-refractivity contribution is 0.387.